The molecule has 1 unspecified atom stereocenters. The molecule has 1 saturated heterocycles. The van der Waals surface area contributed by atoms with Crippen molar-refractivity contribution in [3.8, 4) is 0 Å². The number of piperidine rings is 1. The van der Waals surface area contributed by atoms with E-state index in [0.717, 1.165) is 24.1 Å². The maximum absolute atomic E-state index is 12.7. The second-order valence-corrected chi connectivity index (χ2v) is 8.93. The summed E-state index contributed by atoms with van der Waals surface area (Å²) in [5, 5.41) is 0. The second-order valence-electron chi connectivity index (χ2n) is 6.83. The Kier molecular flexibility index (Phi) is 4.82. The molecule has 1 aromatic heterocycles. The number of hydrogen-bond donors (Lipinski definition) is 0. The van der Waals surface area contributed by atoms with Crippen LogP contribution in [-0.4, -0.2) is 60.6 Å². The summed E-state index contributed by atoms with van der Waals surface area (Å²) in [7, 11) is 1.23. The third-order valence-electron chi connectivity index (χ3n) is 5.00. The Morgan fingerprint density at radius 3 is 2.56 bits per heavy atom. The van der Waals surface area contributed by atoms with Gasteiger partial charge in [-0.2, -0.15) is 17.0 Å². The molecule has 0 spiro atoms. The number of anilines is 1. The van der Waals surface area contributed by atoms with Crippen LogP contribution in [0.5, 0.6) is 0 Å². The zero-order chi connectivity index (χ0) is 18.4. The molecule has 0 saturated carbocycles. The Bertz CT molecular complexity index is 793. The van der Waals surface area contributed by atoms with E-state index in [-0.39, 0.29) is 5.91 Å². The topological polar surface area (TPSA) is 86.7 Å². The fraction of sp³-hybridized carbons (Fsp3) is 0.688. The molecule has 2 aliphatic rings. The molecule has 1 fully saturated rings. The van der Waals surface area contributed by atoms with E-state index in [1.54, 1.807) is 11.9 Å². The molecule has 0 bridgehead atoms. The average molecular weight is 367 g/mol. The van der Waals surface area contributed by atoms with E-state index in [1.165, 1.54) is 22.7 Å². The predicted molar refractivity (Wildman–Crippen MR) is 94.4 cm³/mol. The molecule has 138 valence electrons. The number of aromatic nitrogens is 2. The van der Waals surface area contributed by atoms with Gasteiger partial charge >= 0.3 is 0 Å². The lowest BCUT2D eigenvalue weighted by Gasteiger charge is -2.36. The summed E-state index contributed by atoms with van der Waals surface area (Å²) in [5.74, 6) is 1.13. The first-order valence-electron chi connectivity index (χ1n) is 8.56. The van der Waals surface area contributed by atoms with Gasteiger partial charge in [0, 0.05) is 45.4 Å². The molecule has 8 nitrogen and oxygen atoms in total. The smallest absolute Gasteiger partial charge is 0.282 e. The molecule has 1 aromatic rings. The van der Waals surface area contributed by atoms with Gasteiger partial charge < -0.3 is 0 Å². The van der Waals surface area contributed by atoms with Crippen molar-refractivity contribution >= 4 is 21.9 Å². The number of amides is 1. The van der Waals surface area contributed by atoms with Crippen LogP contribution >= 0.6 is 0 Å². The third kappa shape index (κ3) is 3.16. The summed E-state index contributed by atoms with van der Waals surface area (Å²) < 4.78 is 28.1. The first-order chi connectivity index (χ1) is 11.7. The van der Waals surface area contributed by atoms with Crippen LogP contribution in [0.15, 0.2) is 0 Å². The molecule has 3 rings (SSSR count). The van der Waals surface area contributed by atoms with E-state index in [0.29, 0.717) is 37.4 Å². The molecule has 1 amide bonds. The monoisotopic (exact) mass is 367 g/mol. The highest BCUT2D eigenvalue weighted by Crippen LogP contribution is 2.35. The number of carbonyl (C=O) groups is 1. The van der Waals surface area contributed by atoms with Crippen LogP contribution in [0, 0.1) is 6.92 Å². The lowest BCUT2D eigenvalue weighted by molar-refractivity contribution is -0.118. The number of hydrogen-bond acceptors (Lipinski definition) is 5. The predicted octanol–water partition coefficient (Wildman–Crippen LogP) is 1.03. The Morgan fingerprint density at radius 2 is 1.88 bits per heavy atom. The van der Waals surface area contributed by atoms with Crippen molar-refractivity contribution in [2.45, 2.75) is 45.1 Å². The SMILES string of the molecule is Cc1nc(C2CCCCN2S(=O)(=O)N(C)C)nc2c1CCC(=O)N2C. The highest BCUT2D eigenvalue weighted by Gasteiger charge is 2.37. The van der Waals surface area contributed by atoms with E-state index in [2.05, 4.69) is 9.97 Å². The van der Waals surface area contributed by atoms with Gasteiger partial charge in [0.25, 0.3) is 10.2 Å². The molecule has 25 heavy (non-hydrogen) atoms. The van der Waals surface area contributed by atoms with Crippen molar-refractivity contribution in [2.75, 3.05) is 32.6 Å². The van der Waals surface area contributed by atoms with Crippen LogP contribution in [0.4, 0.5) is 5.82 Å². The van der Waals surface area contributed by atoms with Crippen molar-refractivity contribution in [1.82, 2.24) is 18.6 Å². The standard InChI is InChI=1S/C16H25N5O3S/c1-11-12-8-9-14(22)20(4)16(12)18-15(17-11)13-7-5-6-10-21(13)25(23,24)19(2)3/h13H,5-10H2,1-4H3. The molecular weight excluding hydrogens is 342 g/mol. The molecule has 9 heteroatoms. The van der Waals surface area contributed by atoms with Gasteiger partial charge in [0.1, 0.15) is 11.6 Å². The van der Waals surface area contributed by atoms with Crippen LogP contribution in [0.2, 0.25) is 0 Å². The van der Waals surface area contributed by atoms with Crippen LogP contribution < -0.4 is 4.90 Å². The summed E-state index contributed by atoms with van der Waals surface area (Å²) in [6.45, 7) is 2.36. The number of rotatable bonds is 3. The Labute approximate surface area is 149 Å². The molecule has 0 N–H and O–H groups in total. The number of aryl methyl sites for hydroxylation is 1. The van der Waals surface area contributed by atoms with Gasteiger partial charge in [-0.1, -0.05) is 6.42 Å². The van der Waals surface area contributed by atoms with Gasteiger partial charge in [0.05, 0.1) is 6.04 Å². The third-order valence-corrected chi connectivity index (χ3v) is 6.95. The van der Waals surface area contributed by atoms with E-state index >= 15 is 0 Å². The van der Waals surface area contributed by atoms with Gasteiger partial charge in [0.15, 0.2) is 0 Å². The summed E-state index contributed by atoms with van der Waals surface area (Å²) in [6.07, 6.45) is 3.53. The molecule has 2 aliphatic heterocycles. The fourth-order valence-electron chi connectivity index (χ4n) is 3.49. The number of fused-ring (bicyclic) bond motifs is 1. The summed E-state index contributed by atoms with van der Waals surface area (Å²) in [4.78, 5) is 22.8. The first kappa shape index (κ1) is 18.2. The van der Waals surface area contributed by atoms with E-state index in [9.17, 15) is 13.2 Å². The molecule has 0 aliphatic carbocycles. The highest BCUT2D eigenvalue weighted by atomic mass is 32.2. The fourth-order valence-corrected chi connectivity index (χ4v) is 4.79. The largest absolute Gasteiger partial charge is 0.300 e. The van der Waals surface area contributed by atoms with Crippen LogP contribution in [-0.2, 0) is 21.4 Å². The van der Waals surface area contributed by atoms with E-state index in [1.807, 2.05) is 6.92 Å². The quantitative estimate of drug-likeness (QED) is 0.796. The Morgan fingerprint density at radius 1 is 1.16 bits per heavy atom. The lowest BCUT2D eigenvalue weighted by atomic mass is 10.0. The zero-order valence-electron chi connectivity index (χ0n) is 15.2. The number of carbonyl (C=O) groups excluding carboxylic acids is 1. The van der Waals surface area contributed by atoms with Gasteiger partial charge in [-0.25, -0.2) is 9.97 Å². The summed E-state index contributed by atoms with van der Waals surface area (Å²) in [6, 6.07) is -0.393. The normalized spacial score (nSPS) is 22.4. The second kappa shape index (κ2) is 6.62. The summed E-state index contributed by atoms with van der Waals surface area (Å²) >= 11 is 0. The van der Waals surface area contributed by atoms with Gasteiger partial charge in [-0.05, 0) is 26.2 Å². The highest BCUT2D eigenvalue weighted by molar-refractivity contribution is 7.86. The molecule has 0 radical (unpaired) electrons. The Balaban J connectivity index is 2.05. The molecule has 0 aromatic carbocycles. The van der Waals surface area contributed by atoms with E-state index < -0.39 is 16.3 Å². The van der Waals surface area contributed by atoms with Crippen molar-refractivity contribution < 1.29 is 13.2 Å². The van der Waals surface area contributed by atoms with Crippen LogP contribution in [0.25, 0.3) is 0 Å². The minimum absolute atomic E-state index is 0.0259. The maximum atomic E-state index is 12.7. The minimum atomic E-state index is -3.55. The van der Waals surface area contributed by atoms with Gasteiger partial charge in [-0.15, -0.1) is 0 Å². The zero-order valence-corrected chi connectivity index (χ0v) is 16.0. The van der Waals surface area contributed by atoms with Crippen molar-refractivity contribution in [3.63, 3.8) is 0 Å². The molecular formula is C16H25N5O3S. The van der Waals surface area contributed by atoms with Crippen LogP contribution in [0.1, 0.15) is 48.8 Å². The van der Waals surface area contributed by atoms with E-state index in [4.69, 9.17) is 0 Å². The number of nitrogens with zero attached hydrogens (tertiary/aromatic N) is 5. The minimum Gasteiger partial charge on any atom is -0.300 e. The van der Waals surface area contributed by atoms with Crippen molar-refractivity contribution in [1.29, 1.82) is 0 Å². The summed E-state index contributed by atoms with van der Waals surface area (Å²) in [5.41, 5.74) is 1.80. The Hall–Kier alpha value is -1.58. The first-order valence-corrected chi connectivity index (χ1v) is 9.96. The average Bonchev–Trinajstić information content (AvgIpc) is 2.58. The van der Waals surface area contributed by atoms with Gasteiger partial charge in [-0.3, -0.25) is 9.69 Å². The maximum Gasteiger partial charge on any atom is 0.282 e. The molecule has 3 heterocycles. The van der Waals surface area contributed by atoms with Gasteiger partial charge in [0.2, 0.25) is 5.91 Å². The molecule has 1 atom stereocenters. The van der Waals surface area contributed by atoms with Crippen LogP contribution in [0.3, 0.4) is 0 Å². The van der Waals surface area contributed by atoms with Crippen molar-refractivity contribution in [2.24, 2.45) is 0 Å². The van der Waals surface area contributed by atoms with Crippen molar-refractivity contribution in [3.05, 3.63) is 17.1 Å². The lowest BCUT2D eigenvalue weighted by Crippen LogP contribution is -2.45.